The van der Waals surface area contributed by atoms with E-state index in [1.807, 2.05) is 4.90 Å². The van der Waals surface area contributed by atoms with E-state index in [-0.39, 0.29) is 0 Å². The Morgan fingerprint density at radius 1 is 1.29 bits per heavy atom. The highest BCUT2D eigenvalue weighted by Crippen LogP contribution is 2.13. The number of carbonyl (C=O) groups excluding carboxylic acids is 1. The maximum Gasteiger partial charge on any atom is 0.222 e. The highest BCUT2D eigenvalue weighted by Gasteiger charge is 2.21. The van der Waals surface area contributed by atoms with Gasteiger partial charge in [0.2, 0.25) is 5.91 Å². The van der Waals surface area contributed by atoms with Crippen LogP contribution in [0.4, 0.5) is 0 Å². The molecule has 2 rings (SSSR count). The lowest BCUT2D eigenvalue weighted by Crippen LogP contribution is -2.49. The molecule has 0 bridgehead atoms. The lowest BCUT2D eigenvalue weighted by atomic mass is 10.0. The SMILES string of the molecule is CCNC(=NCCCN1CCCC1=O)NC1CCN(C(C)C)CC1. The first kappa shape index (κ1) is 19.0. The van der Waals surface area contributed by atoms with Crippen molar-refractivity contribution >= 4 is 11.9 Å². The standard InChI is InChI=1S/C18H35N5O/c1-4-19-18(20-10-6-12-23-11-5-7-17(23)24)21-16-8-13-22(14-9-16)15(2)3/h15-16H,4-14H2,1-3H3,(H2,19,20,21). The van der Waals surface area contributed by atoms with E-state index in [2.05, 4.69) is 36.3 Å². The Labute approximate surface area is 147 Å². The van der Waals surface area contributed by atoms with Gasteiger partial charge < -0.3 is 20.4 Å². The number of hydrogen-bond donors (Lipinski definition) is 2. The fourth-order valence-corrected chi connectivity index (χ4v) is 3.47. The summed E-state index contributed by atoms with van der Waals surface area (Å²) in [6.45, 7) is 12.4. The molecule has 2 saturated heterocycles. The second-order valence-electron chi connectivity index (χ2n) is 7.15. The van der Waals surface area contributed by atoms with E-state index in [1.165, 1.54) is 12.8 Å². The number of amides is 1. The molecule has 0 aromatic carbocycles. The van der Waals surface area contributed by atoms with Crippen LogP contribution in [0.3, 0.4) is 0 Å². The van der Waals surface area contributed by atoms with Crippen LogP contribution in [0.25, 0.3) is 0 Å². The number of hydrogen-bond acceptors (Lipinski definition) is 3. The molecule has 24 heavy (non-hydrogen) atoms. The Morgan fingerprint density at radius 2 is 2.04 bits per heavy atom. The van der Waals surface area contributed by atoms with E-state index >= 15 is 0 Å². The van der Waals surface area contributed by atoms with E-state index < -0.39 is 0 Å². The molecule has 6 nitrogen and oxygen atoms in total. The predicted octanol–water partition coefficient (Wildman–Crippen LogP) is 1.43. The molecule has 138 valence electrons. The molecule has 2 aliphatic heterocycles. The van der Waals surface area contributed by atoms with Crippen LogP contribution in [0.5, 0.6) is 0 Å². The third-order valence-corrected chi connectivity index (χ3v) is 4.97. The average Bonchev–Trinajstić information content (AvgIpc) is 2.97. The zero-order chi connectivity index (χ0) is 17.4. The van der Waals surface area contributed by atoms with Crippen LogP contribution < -0.4 is 10.6 Å². The van der Waals surface area contributed by atoms with Crippen LogP contribution in [0.15, 0.2) is 4.99 Å². The van der Waals surface area contributed by atoms with Crippen molar-refractivity contribution < 1.29 is 4.79 Å². The molecular formula is C18H35N5O. The topological polar surface area (TPSA) is 60.0 Å². The minimum atomic E-state index is 0.306. The molecule has 2 N–H and O–H groups in total. The van der Waals surface area contributed by atoms with Gasteiger partial charge in [-0.25, -0.2) is 0 Å². The van der Waals surface area contributed by atoms with Crippen molar-refractivity contribution in [2.75, 3.05) is 39.3 Å². The van der Waals surface area contributed by atoms with Crippen LogP contribution in [-0.4, -0.2) is 73.0 Å². The third kappa shape index (κ3) is 5.96. The van der Waals surface area contributed by atoms with Crippen molar-refractivity contribution in [1.29, 1.82) is 0 Å². The maximum atomic E-state index is 11.6. The number of nitrogens with one attached hydrogen (secondary N) is 2. The molecule has 2 aliphatic rings. The van der Waals surface area contributed by atoms with Crippen LogP contribution in [-0.2, 0) is 4.79 Å². The first-order valence-electron chi connectivity index (χ1n) is 9.66. The second kappa shape index (κ2) is 9.87. The van der Waals surface area contributed by atoms with E-state index in [1.54, 1.807) is 0 Å². The summed E-state index contributed by atoms with van der Waals surface area (Å²) >= 11 is 0. The quantitative estimate of drug-likeness (QED) is 0.419. The highest BCUT2D eigenvalue weighted by molar-refractivity contribution is 5.80. The van der Waals surface area contributed by atoms with Gasteiger partial charge in [-0.2, -0.15) is 0 Å². The minimum Gasteiger partial charge on any atom is -0.357 e. The van der Waals surface area contributed by atoms with E-state index in [0.29, 0.717) is 18.0 Å². The molecule has 0 saturated carbocycles. The molecule has 1 amide bonds. The van der Waals surface area contributed by atoms with E-state index in [4.69, 9.17) is 4.99 Å². The van der Waals surface area contributed by atoms with Crippen molar-refractivity contribution in [1.82, 2.24) is 20.4 Å². The monoisotopic (exact) mass is 337 g/mol. The van der Waals surface area contributed by atoms with Gasteiger partial charge in [0.15, 0.2) is 5.96 Å². The van der Waals surface area contributed by atoms with Gasteiger partial charge in [-0.05, 0) is 46.5 Å². The van der Waals surface area contributed by atoms with Gasteiger partial charge in [-0.3, -0.25) is 9.79 Å². The molecule has 0 unspecified atom stereocenters. The zero-order valence-corrected chi connectivity index (χ0v) is 15.7. The van der Waals surface area contributed by atoms with Gasteiger partial charge in [0.25, 0.3) is 0 Å². The van der Waals surface area contributed by atoms with Crippen molar-refractivity contribution in [3.05, 3.63) is 0 Å². The first-order valence-corrected chi connectivity index (χ1v) is 9.66. The first-order chi connectivity index (χ1) is 11.6. The summed E-state index contributed by atoms with van der Waals surface area (Å²) in [7, 11) is 0. The van der Waals surface area contributed by atoms with Crippen LogP contribution in [0.1, 0.15) is 52.9 Å². The number of guanidine groups is 1. The fraction of sp³-hybridized carbons (Fsp3) is 0.889. The number of rotatable bonds is 7. The Balaban J connectivity index is 1.71. The van der Waals surface area contributed by atoms with Gasteiger partial charge in [-0.15, -0.1) is 0 Å². The molecule has 0 aromatic rings. The average molecular weight is 338 g/mol. The van der Waals surface area contributed by atoms with Crippen LogP contribution in [0.2, 0.25) is 0 Å². The largest absolute Gasteiger partial charge is 0.357 e. The number of aliphatic imine (C=N–C) groups is 1. The third-order valence-electron chi connectivity index (χ3n) is 4.97. The second-order valence-corrected chi connectivity index (χ2v) is 7.15. The van der Waals surface area contributed by atoms with Crippen molar-refractivity contribution in [3.8, 4) is 0 Å². The van der Waals surface area contributed by atoms with Crippen LogP contribution >= 0.6 is 0 Å². The molecular weight excluding hydrogens is 302 g/mol. The molecule has 0 aliphatic carbocycles. The predicted molar refractivity (Wildman–Crippen MR) is 99.3 cm³/mol. The smallest absolute Gasteiger partial charge is 0.222 e. The van der Waals surface area contributed by atoms with Gasteiger partial charge in [0.05, 0.1) is 0 Å². The van der Waals surface area contributed by atoms with Gasteiger partial charge >= 0.3 is 0 Å². The lowest BCUT2D eigenvalue weighted by Gasteiger charge is -2.35. The van der Waals surface area contributed by atoms with Crippen LogP contribution in [0, 0.1) is 0 Å². The normalized spacial score (nSPS) is 20.9. The van der Waals surface area contributed by atoms with Crippen molar-refractivity contribution in [2.45, 2.75) is 65.0 Å². The number of piperidine rings is 1. The summed E-state index contributed by atoms with van der Waals surface area (Å²) in [5, 5.41) is 6.93. The van der Waals surface area contributed by atoms with E-state index in [0.717, 1.165) is 64.5 Å². The van der Waals surface area contributed by atoms with Crippen molar-refractivity contribution in [3.63, 3.8) is 0 Å². The summed E-state index contributed by atoms with van der Waals surface area (Å²) in [6.07, 6.45) is 5.02. The summed E-state index contributed by atoms with van der Waals surface area (Å²) in [4.78, 5) is 20.8. The Bertz CT molecular complexity index is 416. The molecule has 2 heterocycles. The summed E-state index contributed by atoms with van der Waals surface area (Å²) in [5.41, 5.74) is 0. The minimum absolute atomic E-state index is 0.306. The molecule has 0 aromatic heterocycles. The Hall–Kier alpha value is -1.30. The van der Waals surface area contributed by atoms with Crippen molar-refractivity contribution in [2.24, 2.45) is 4.99 Å². The molecule has 0 radical (unpaired) electrons. The maximum absolute atomic E-state index is 11.6. The molecule has 2 fully saturated rings. The van der Waals surface area contributed by atoms with Gasteiger partial charge in [-0.1, -0.05) is 0 Å². The Kier molecular flexibility index (Phi) is 7.82. The summed E-state index contributed by atoms with van der Waals surface area (Å²) < 4.78 is 0. The molecule has 0 spiro atoms. The zero-order valence-electron chi connectivity index (χ0n) is 15.7. The summed E-state index contributed by atoms with van der Waals surface area (Å²) in [5.74, 6) is 1.23. The van der Waals surface area contributed by atoms with Gasteiger partial charge in [0.1, 0.15) is 0 Å². The Morgan fingerprint density at radius 3 is 2.62 bits per heavy atom. The lowest BCUT2D eigenvalue weighted by molar-refractivity contribution is -0.127. The number of carbonyl (C=O) groups is 1. The molecule has 6 heteroatoms. The summed E-state index contributed by atoms with van der Waals surface area (Å²) in [6, 6.07) is 1.15. The molecule has 0 atom stereocenters. The number of nitrogens with zero attached hydrogens (tertiary/aromatic N) is 3. The highest BCUT2D eigenvalue weighted by atomic mass is 16.2. The van der Waals surface area contributed by atoms with E-state index in [9.17, 15) is 4.79 Å². The van der Waals surface area contributed by atoms with Gasteiger partial charge in [0, 0.05) is 57.8 Å². The fourth-order valence-electron chi connectivity index (χ4n) is 3.47. The number of likely N-dealkylation sites (tertiary alicyclic amines) is 2.